The molecule has 0 fully saturated rings. The van der Waals surface area contributed by atoms with Crippen molar-refractivity contribution >= 4 is 17.5 Å². The molecule has 0 aromatic heterocycles. The van der Waals surface area contributed by atoms with Crippen LogP contribution >= 0.6 is 0 Å². The number of carbonyl (C=O) groups excluding carboxylic acids is 2. The fraction of sp³-hybridized carbons (Fsp3) is 0.310. The summed E-state index contributed by atoms with van der Waals surface area (Å²) in [6.07, 6.45) is 0.253. The second kappa shape index (κ2) is 11.7. The molecular weight excluding hydrogens is 472 g/mol. The average Bonchev–Trinajstić information content (AvgIpc) is 3.02. The number of ether oxygens (including phenoxy) is 4. The number of fused-ring (bicyclic) bond motifs is 1. The zero-order chi connectivity index (χ0) is 26.4. The molecule has 1 N–H and O–H groups in total. The number of nitrogens with one attached hydrogen (secondary N) is 1. The molecule has 194 valence electrons. The number of amides is 2. The van der Waals surface area contributed by atoms with Gasteiger partial charge in [-0.1, -0.05) is 18.2 Å². The maximum Gasteiger partial charge on any atom is 0.263 e. The maximum atomic E-state index is 13.1. The maximum absolute atomic E-state index is 13.1. The van der Waals surface area contributed by atoms with Crippen LogP contribution in [-0.2, 0) is 29.0 Å². The van der Waals surface area contributed by atoms with Gasteiger partial charge in [0.1, 0.15) is 11.5 Å². The van der Waals surface area contributed by atoms with Gasteiger partial charge in [-0.3, -0.25) is 9.59 Å². The van der Waals surface area contributed by atoms with Crippen LogP contribution in [0.5, 0.6) is 23.0 Å². The Hall–Kier alpha value is -4.20. The molecule has 0 radical (unpaired) electrons. The van der Waals surface area contributed by atoms with Gasteiger partial charge >= 0.3 is 0 Å². The minimum atomic E-state index is -0.611. The summed E-state index contributed by atoms with van der Waals surface area (Å²) in [7, 11) is 4.80. The van der Waals surface area contributed by atoms with Crippen LogP contribution in [0.15, 0.2) is 60.7 Å². The molecule has 3 aromatic carbocycles. The van der Waals surface area contributed by atoms with Gasteiger partial charge in [-0.2, -0.15) is 0 Å². The summed E-state index contributed by atoms with van der Waals surface area (Å²) in [5.41, 5.74) is 3.37. The second-order valence-corrected chi connectivity index (χ2v) is 8.86. The smallest absolute Gasteiger partial charge is 0.263 e. The molecule has 3 aromatic rings. The van der Waals surface area contributed by atoms with Gasteiger partial charge in [0.05, 0.1) is 27.8 Å². The van der Waals surface area contributed by atoms with E-state index in [1.807, 2.05) is 48.5 Å². The summed E-state index contributed by atoms with van der Waals surface area (Å²) in [4.78, 5) is 27.5. The number of rotatable bonds is 9. The molecule has 1 heterocycles. The minimum absolute atomic E-state index is 0.0831. The van der Waals surface area contributed by atoms with Gasteiger partial charge in [0, 0.05) is 24.3 Å². The molecule has 0 saturated carbocycles. The minimum Gasteiger partial charge on any atom is -0.497 e. The highest BCUT2D eigenvalue weighted by atomic mass is 16.5. The van der Waals surface area contributed by atoms with E-state index in [9.17, 15) is 9.59 Å². The number of methoxy groups -OCH3 is 3. The zero-order valence-corrected chi connectivity index (χ0v) is 21.6. The Kier molecular flexibility index (Phi) is 8.18. The van der Waals surface area contributed by atoms with Crippen LogP contribution in [0.1, 0.15) is 23.6 Å². The molecule has 2 amide bonds. The number of benzene rings is 3. The van der Waals surface area contributed by atoms with Gasteiger partial charge in [0.25, 0.3) is 5.91 Å². The van der Waals surface area contributed by atoms with Gasteiger partial charge in [0.2, 0.25) is 5.91 Å². The monoisotopic (exact) mass is 504 g/mol. The largest absolute Gasteiger partial charge is 0.497 e. The first-order valence-corrected chi connectivity index (χ1v) is 12.1. The third-order valence-electron chi connectivity index (χ3n) is 6.29. The summed E-state index contributed by atoms with van der Waals surface area (Å²) >= 11 is 0. The molecule has 1 atom stereocenters. The van der Waals surface area contributed by atoms with Crippen molar-refractivity contribution in [2.75, 3.05) is 33.2 Å². The van der Waals surface area contributed by atoms with Crippen molar-refractivity contribution in [2.45, 2.75) is 32.4 Å². The summed E-state index contributed by atoms with van der Waals surface area (Å²) in [6, 6.07) is 18.6. The van der Waals surface area contributed by atoms with Gasteiger partial charge in [-0.25, -0.2) is 0 Å². The van der Waals surface area contributed by atoms with Crippen LogP contribution in [0.3, 0.4) is 0 Å². The van der Waals surface area contributed by atoms with E-state index in [2.05, 4.69) is 5.32 Å². The molecule has 8 nitrogen and oxygen atoms in total. The molecule has 1 unspecified atom stereocenters. The van der Waals surface area contributed by atoms with Crippen LogP contribution in [-0.4, -0.2) is 50.7 Å². The average molecular weight is 505 g/mol. The molecule has 0 saturated heterocycles. The standard InChI is InChI=1S/C29H32N2O6/c1-19-29(33)31(13-12-20-8-10-26(35-3)27(15-20)36-4)18-22-17-23(9-11-25(22)37-19)30-28(32)16-21-6-5-7-24(14-21)34-2/h5-11,14-15,17,19H,12-13,16,18H2,1-4H3,(H,30,32). The number of carbonyl (C=O) groups is 2. The lowest BCUT2D eigenvalue weighted by Crippen LogP contribution is -2.39. The molecule has 37 heavy (non-hydrogen) atoms. The summed E-state index contributed by atoms with van der Waals surface area (Å²) in [5, 5.41) is 2.95. The SMILES string of the molecule is COc1cccc(CC(=O)Nc2ccc3c(c2)CN(CCc2ccc(OC)c(OC)c2)C(=O)C(C)O3)c1. The van der Waals surface area contributed by atoms with Crippen molar-refractivity contribution < 1.29 is 28.5 Å². The van der Waals surface area contributed by atoms with Crippen LogP contribution in [0, 0.1) is 0 Å². The lowest BCUT2D eigenvalue weighted by atomic mass is 10.1. The Morgan fingerprint density at radius 3 is 2.54 bits per heavy atom. The van der Waals surface area contributed by atoms with Crippen molar-refractivity contribution in [1.82, 2.24) is 4.90 Å². The van der Waals surface area contributed by atoms with E-state index in [-0.39, 0.29) is 18.2 Å². The first kappa shape index (κ1) is 25.9. The van der Waals surface area contributed by atoms with Gasteiger partial charge < -0.3 is 29.2 Å². The third-order valence-corrected chi connectivity index (χ3v) is 6.29. The highest BCUT2D eigenvalue weighted by Crippen LogP contribution is 2.30. The summed E-state index contributed by atoms with van der Waals surface area (Å²) < 4.78 is 21.9. The summed E-state index contributed by atoms with van der Waals surface area (Å²) in [6.45, 7) is 2.64. The first-order valence-electron chi connectivity index (χ1n) is 12.1. The van der Waals surface area contributed by atoms with Gasteiger partial charge in [-0.15, -0.1) is 0 Å². The molecule has 0 aliphatic carbocycles. The molecule has 1 aliphatic heterocycles. The lowest BCUT2D eigenvalue weighted by Gasteiger charge is -2.22. The van der Waals surface area contributed by atoms with Crippen LogP contribution in [0.2, 0.25) is 0 Å². The topological polar surface area (TPSA) is 86.3 Å². The zero-order valence-electron chi connectivity index (χ0n) is 21.6. The quantitative estimate of drug-likeness (QED) is 0.469. The number of nitrogens with zero attached hydrogens (tertiary/aromatic N) is 1. The van der Waals surface area contributed by atoms with E-state index in [1.165, 1.54) is 0 Å². The Balaban J connectivity index is 1.45. The Morgan fingerprint density at radius 1 is 0.973 bits per heavy atom. The van der Waals surface area contributed by atoms with E-state index >= 15 is 0 Å². The fourth-order valence-corrected chi connectivity index (χ4v) is 4.34. The molecule has 4 rings (SSSR count). The van der Waals surface area contributed by atoms with Crippen molar-refractivity contribution in [3.63, 3.8) is 0 Å². The Labute approximate surface area is 217 Å². The highest BCUT2D eigenvalue weighted by Gasteiger charge is 2.28. The predicted molar refractivity (Wildman–Crippen MR) is 141 cm³/mol. The van der Waals surface area contributed by atoms with E-state index in [1.54, 1.807) is 45.3 Å². The molecule has 8 heteroatoms. The number of anilines is 1. The van der Waals surface area contributed by atoms with Gasteiger partial charge in [0.15, 0.2) is 17.6 Å². The van der Waals surface area contributed by atoms with Crippen LogP contribution in [0.25, 0.3) is 0 Å². The van der Waals surface area contributed by atoms with Crippen molar-refractivity contribution in [3.8, 4) is 23.0 Å². The lowest BCUT2D eigenvalue weighted by molar-refractivity contribution is -0.137. The normalized spacial score (nSPS) is 14.8. The molecular formula is C29H32N2O6. The third kappa shape index (κ3) is 6.33. The molecule has 0 bridgehead atoms. The second-order valence-electron chi connectivity index (χ2n) is 8.86. The fourth-order valence-electron chi connectivity index (χ4n) is 4.34. The van der Waals surface area contributed by atoms with E-state index in [4.69, 9.17) is 18.9 Å². The number of hydrogen-bond acceptors (Lipinski definition) is 6. The van der Waals surface area contributed by atoms with Crippen molar-refractivity contribution in [2.24, 2.45) is 0 Å². The first-order chi connectivity index (χ1) is 17.9. The van der Waals surface area contributed by atoms with E-state index < -0.39 is 6.10 Å². The predicted octanol–water partition coefficient (Wildman–Crippen LogP) is 4.25. The van der Waals surface area contributed by atoms with Crippen molar-refractivity contribution in [3.05, 3.63) is 77.4 Å². The van der Waals surface area contributed by atoms with Crippen molar-refractivity contribution in [1.29, 1.82) is 0 Å². The number of hydrogen-bond donors (Lipinski definition) is 1. The van der Waals surface area contributed by atoms with Gasteiger partial charge in [-0.05, 0) is 66.9 Å². The Morgan fingerprint density at radius 2 is 1.78 bits per heavy atom. The molecule has 0 spiro atoms. The van der Waals surface area contributed by atoms with E-state index in [0.29, 0.717) is 48.2 Å². The molecule has 1 aliphatic rings. The highest BCUT2D eigenvalue weighted by molar-refractivity contribution is 5.92. The van der Waals surface area contributed by atoms with Crippen LogP contribution < -0.4 is 24.3 Å². The van der Waals surface area contributed by atoms with E-state index in [0.717, 1.165) is 16.7 Å². The van der Waals surface area contributed by atoms with Crippen LogP contribution in [0.4, 0.5) is 5.69 Å². The Bertz CT molecular complexity index is 1280. The summed E-state index contributed by atoms with van der Waals surface area (Å²) in [5.74, 6) is 2.44.